The molecular weight excluding hydrogens is 220 g/mol. The van der Waals surface area contributed by atoms with Gasteiger partial charge in [-0.05, 0) is 48.9 Å². The monoisotopic (exact) mass is 244 g/mol. The molecule has 1 aromatic carbocycles. The number of nitrogens with zero attached hydrogens (tertiary/aromatic N) is 1. The van der Waals surface area contributed by atoms with Crippen molar-refractivity contribution in [1.82, 2.24) is 0 Å². The van der Waals surface area contributed by atoms with Crippen LogP contribution < -0.4 is 10.2 Å². The van der Waals surface area contributed by atoms with Crippen LogP contribution in [0.4, 0.5) is 11.4 Å². The van der Waals surface area contributed by atoms with Gasteiger partial charge in [-0.2, -0.15) is 0 Å². The van der Waals surface area contributed by atoms with Crippen LogP contribution in [0.2, 0.25) is 0 Å². The molecule has 1 aliphatic carbocycles. The molecule has 2 aliphatic rings. The van der Waals surface area contributed by atoms with Gasteiger partial charge in [0.2, 0.25) is 0 Å². The summed E-state index contributed by atoms with van der Waals surface area (Å²) in [6.45, 7) is 2.53. The molecule has 1 aromatic rings. The van der Waals surface area contributed by atoms with Crippen LogP contribution in [0.1, 0.15) is 32.1 Å². The van der Waals surface area contributed by atoms with Crippen LogP contribution in [0, 0.1) is 11.8 Å². The minimum atomic E-state index is 0.955. The van der Waals surface area contributed by atoms with Crippen molar-refractivity contribution in [2.45, 2.75) is 32.1 Å². The second-order valence-corrected chi connectivity index (χ2v) is 5.84. The normalized spacial score (nSPS) is 27.7. The summed E-state index contributed by atoms with van der Waals surface area (Å²) >= 11 is 0. The molecule has 2 heteroatoms. The van der Waals surface area contributed by atoms with Crippen LogP contribution in [0.25, 0.3) is 0 Å². The van der Waals surface area contributed by atoms with E-state index in [1.54, 1.807) is 0 Å². The number of hydrogen-bond donors (Lipinski definition) is 1. The first-order chi connectivity index (χ1) is 8.86. The fourth-order valence-corrected chi connectivity index (χ4v) is 3.67. The Hall–Kier alpha value is -1.18. The first-order valence-corrected chi connectivity index (χ1v) is 7.39. The van der Waals surface area contributed by atoms with Crippen LogP contribution in [-0.2, 0) is 0 Å². The van der Waals surface area contributed by atoms with E-state index in [0.717, 1.165) is 11.8 Å². The molecule has 2 fully saturated rings. The fraction of sp³-hybridized carbons (Fsp3) is 0.625. The third-order valence-electron chi connectivity index (χ3n) is 4.81. The Balaban J connectivity index is 1.69. The van der Waals surface area contributed by atoms with E-state index in [1.165, 1.54) is 56.6 Å². The summed E-state index contributed by atoms with van der Waals surface area (Å²) in [5.74, 6) is 1.98. The summed E-state index contributed by atoms with van der Waals surface area (Å²) in [6.07, 6.45) is 7.26. The highest BCUT2D eigenvalue weighted by atomic mass is 15.1. The van der Waals surface area contributed by atoms with E-state index < -0.39 is 0 Å². The molecule has 98 valence electrons. The summed E-state index contributed by atoms with van der Waals surface area (Å²) in [7, 11) is 1.97. The highest BCUT2D eigenvalue weighted by Gasteiger charge is 2.30. The molecule has 1 saturated heterocycles. The van der Waals surface area contributed by atoms with E-state index >= 15 is 0 Å². The minimum Gasteiger partial charge on any atom is -0.388 e. The summed E-state index contributed by atoms with van der Waals surface area (Å²) < 4.78 is 0. The van der Waals surface area contributed by atoms with Gasteiger partial charge in [0, 0.05) is 31.5 Å². The largest absolute Gasteiger partial charge is 0.388 e. The van der Waals surface area contributed by atoms with Crippen molar-refractivity contribution < 1.29 is 0 Å². The van der Waals surface area contributed by atoms with Gasteiger partial charge in [0.25, 0.3) is 0 Å². The molecule has 2 atom stereocenters. The predicted molar refractivity (Wildman–Crippen MR) is 78.3 cm³/mol. The van der Waals surface area contributed by atoms with Gasteiger partial charge in [0.15, 0.2) is 0 Å². The molecule has 1 saturated carbocycles. The second-order valence-electron chi connectivity index (χ2n) is 5.84. The van der Waals surface area contributed by atoms with Gasteiger partial charge in [-0.25, -0.2) is 0 Å². The molecule has 0 bridgehead atoms. The number of rotatable bonds is 2. The summed E-state index contributed by atoms with van der Waals surface area (Å²) in [6, 6.07) is 8.88. The van der Waals surface area contributed by atoms with Crippen molar-refractivity contribution in [2.75, 3.05) is 30.4 Å². The van der Waals surface area contributed by atoms with Crippen molar-refractivity contribution in [3.8, 4) is 0 Å². The maximum atomic E-state index is 3.18. The van der Waals surface area contributed by atoms with E-state index in [9.17, 15) is 0 Å². The van der Waals surface area contributed by atoms with Gasteiger partial charge in [0.1, 0.15) is 0 Å². The molecule has 1 N–H and O–H groups in total. The van der Waals surface area contributed by atoms with Crippen LogP contribution in [0.3, 0.4) is 0 Å². The van der Waals surface area contributed by atoms with Gasteiger partial charge in [-0.3, -0.25) is 0 Å². The van der Waals surface area contributed by atoms with E-state index in [4.69, 9.17) is 0 Å². The maximum Gasteiger partial charge on any atom is 0.0367 e. The molecular formula is C16H24N2. The lowest BCUT2D eigenvalue weighted by atomic mass is 9.75. The predicted octanol–water partition coefficient (Wildman–Crippen LogP) is 3.74. The second kappa shape index (κ2) is 5.21. The fourth-order valence-electron chi connectivity index (χ4n) is 3.67. The highest BCUT2D eigenvalue weighted by Crippen LogP contribution is 2.37. The Bertz CT molecular complexity index is 385. The number of hydrogen-bond acceptors (Lipinski definition) is 2. The quantitative estimate of drug-likeness (QED) is 0.852. The molecule has 0 unspecified atom stereocenters. The highest BCUT2D eigenvalue weighted by molar-refractivity contribution is 5.55. The van der Waals surface area contributed by atoms with Crippen LogP contribution >= 0.6 is 0 Å². The average molecular weight is 244 g/mol. The van der Waals surface area contributed by atoms with Gasteiger partial charge < -0.3 is 10.2 Å². The van der Waals surface area contributed by atoms with E-state index in [-0.39, 0.29) is 0 Å². The van der Waals surface area contributed by atoms with Crippen molar-refractivity contribution in [3.05, 3.63) is 24.3 Å². The molecule has 1 heterocycles. The van der Waals surface area contributed by atoms with Crippen molar-refractivity contribution >= 4 is 11.4 Å². The average Bonchev–Trinajstić information content (AvgIpc) is 2.47. The summed E-state index contributed by atoms with van der Waals surface area (Å²) in [5, 5.41) is 3.18. The standard InChI is InChI=1S/C16H24N2/c1-17-15-6-8-16(9-7-15)18-11-10-13-4-2-3-5-14(13)12-18/h6-9,13-14,17H,2-5,10-12H2,1H3/t13-,14+/m1/s1. The Labute approximate surface area is 110 Å². The molecule has 0 aromatic heterocycles. The van der Waals surface area contributed by atoms with Gasteiger partial charge >= 0.3 is 0 Å². The van der Waals surface area contributed by atoms with Gasteiger partial charge in [0.05, 0.1) is 0 Å². The van der Waals surface area contributed by atoms with E-state index in [1.807, 2.05) is 7.05 Å². The van der Waals surface area contributed by atoms with Crippen molar-refractivity contribution in [3.63, 3.8) is 0 Å². The van der Waals surface area contributed by atoms with Crippen molar-refractivity contribution in [1.29, 1.82) is 0 Å². The Morgan fingerprint density at radius 3 is 2.44 bits per heavy atom. The first-order valence-electron chi connectivity index (χ1n) is 7.39. The summed E-state index contributed by atoms with van der Waals surface area (Å²) in [4.78, 5) is 2.59. The lowest BCUT2D eigenvalue weighted by Gasteiger charge is -2.42. The van der Waals surface area contributed by atoms with Crippen LogP contribution in [-0.4, -0.2) is 20.1 Å². The zero-order chi connectivity index (χ0) is 12.4. The van der Waals surface area contributed by atoms with E-state index in [0.29, 0.717) is 0 Å². The first kappa shape index (κ1) is 11.9. The third-order valence-corrected chi connectivity index (χ3v) is 4.81. The van der Waals surface area contributed by atoms with Crippen molar-refractivity contribution in [2.24, 2.45) is 11.8 Å². The molecule has 1 aliphatic heterocycles. The number of benzene rings is 1. The Kier molecular flexibility index (Phi) is 3.44. The number of fused-ring (bicyclic) bond motifs is 1. The minimum absolute atomic E-state index is 0.955. The van der Waals surface area contributed by atoms with E-state index in [2.05, 4.69) is 34.5 Å². The molecule has 0 radical (unpaired) electrons. The third kappa shape index (κ3) is 2.33. The topological polar surface area (TPSA) is 15.3 Å². The molecule has 0 amide bonds. The summed E-state index contributed by atoms with van der Waals surface area (Å²) in [5.41, 5.74) is 2.60. The maximum absolute atomic E-state index is 3.18. The van der Waals surface area contributed by atoms with Gasteiger partial charge in [-0.1, -0.05) is 19.3 Å². The SMILES string of the molecule is CNc1ccc(N2CC[C@H]3CCCC[C@H]3C2)cc1. The number of piperidine rings is 1. The number of nitrogens with one attached hydrogen (secondary N) is 1. The number of anilines is 2. The smallest absolute Gasteiger partial charge is 0.0367 e. The van der Waals surface area contributed by atoms with Crippen LogP contribution in [0.5, 0.6) is 0 Å². The zero-order valence-electron chi connectivity index (χ0n) is 11.4. The molecule has 18 heavy (non-hydrogen) atoms. The Morgan fingerprint density at radius 2 is 1.72 bits per heavy atom. The molecule has 3 rings (SSSR count). The lowest BCUT2D eigenvalue weighted by Crippen LogP contribution is -2.41. The Morgan fingerprint density at radius 1 is 1.00 bits per heavy atom. The lowest BCUT2D eigenvalue weighted by molar-refractivity contribution is 0.202. The van der Waals surface area contributed by atoms with Gasteiger partial charge in [-0.15, -0.1) is 0 Å². The molecule has 0 spiro atoms. The molecule has 2 nitrogen and oxygen atoms in total. The zero-order valence-corrected chi connectivity index (χ0v) is 11.4. The van der Waals surface area contributed by atoms with Crippen LogP contribution in [0.15, 0.2) is 24.3 Å².